The number of hydrogen-bond donors (Lipinski definition) is 4. The van der Waals surface area contributed by atoms with Gasteiger partial charge in [0, 0.05) is 37.6 Å². The number of H-pyrrole nitrogens is 1. The first-order valence-corrected chi connectivity index (χ1v) is 12.8. The van der Waals surface area contributed by atoms with Crippen LogP contribution in [0.3, 0.4) is 0 Å². The molecule has 0 aliphatic rings. The molecule has 204 valence electrons. The van der Waals surface area contributed by atoms with Gasteiger partial charge >= 0.3 is 0 Å². The van der Waals surface area contributed by atoms with Gasteiger partial charge in [-0.2, -0.15) is 0 Å². The van der Waals surface area contributed by atoms with Gasteiger partial charge in [-0.15, -0.1) is 0 Å². The summed E-state index contributed by atoms with van der Waals surface area (Å²) >= 11 is 0. The van der Waals surface area contributed by atoms with E-state index in [1.165, 1.54) is 9.80 Å². The Morgan fingerprint density at radius 1 is 1.03 bits per heavy atom. The average molecular weight is 522 g/mol. The molecule has 0 bridgehead atoms. The van der Waals surface area contributed by atoms with Crippen molar-refractivity contribution >= 4 is 28.6 Å². The van der Waals surface area contributed by atoms with E-state index in [1.54, 1.807) is 46.3 Å². The molecule has 9 nitrogen and oxygen atoms in total. The number of amides is 3. The molecule has 3 rings (SSSR count). The minimum absolute atomic E-state index is 0.153. The molecule has 3 atom stereocenters. The molecule has 3 amide bonds. The van der Waals surface area contributed by atoms with Gasteiger partial charge in [0.1, 0.15) is 17.8 Å². The Balaban J connectivity index is 1.81. The van der Waals surface area contributed by atoms with Crippen LogP contribution in [0, 0.1) is 12.8 Å². The first kappa shape index (κ1) is 28.7. The molecule has 2 aromatic carbocycles. The summed E-state index contributed by atoms with van der Waals surface area (Å²) < 4.78 is 0. The van der Waals surface area contributed by atoms with Crippen LogP contribution in [0.25, 0.3) is 10.9 Å². The number of aromatic hydroxyl groups is 1. The summed E-state index contributed by atoms with van der Waals surface area (Å²) in [5.41, 5.74) is 9.15. The van der Waals surface area contributed by atoms with E-state index in [2.05, 4.69) is 10.3 Å². The number of likely N-dealkylation sites (N-methyl/N-ethyl adjacent to an activating group) is 3. The van der Waals surface area contributed by atoms with Crippen molar-refractivity contribution in [1.29, 1.82) is 0 Å². The van der Waals surface area contributed by atoms with Crippen molar-refractivity contribution in [2.75, 3.05) is 21.1 Å². The number of carbonyl (C=O) groups is 3. The number of nitrogens with two attached hydrogens (primary N) is 1. The molecule has 9 heteroatoms. The summed E-state index contributed by atoms with van der Waals surface area (Å²) in [5, 5.41) is 14.0. The number of rotatable bonds is 11. The van der Waals surface area contributed by atoms with E-state index in [1.807, 2.05) is 44.3 Å². The molecule has 2 unspecified atom stereocenters. The molecule has 5 N–H and O–H groups in total. The quantitative estimate of drug-likeness (QED) is 0.308. The number of nitrogens with zero attached hydrogens (tertiary/aromatic N) is 2. The Labute approximate surface area is 224 Å². The minimum Gasteiger partial charge on any atom is -0.508 e. The van der Waals surface area contributed by atoms with Crippen LogP contribution in [-0.4, -0.2) is 76.9 Å². The number of phenols is 1. The van der Waals surface area contributed by atoms with Crippen LogP contribution >= 0.6 is 0 Å². The molecule has 0 fully saturated rings. The number of fused-ring (bicyclic) bond motifs is 1. The summed E-state index contributed by atoms with van der Waals surface area (Å²) in [4.78, 5) is 45.9. The lowest BCUT2D eigenvalue weighted by atomic mass is 9.96. The zero-order valence-corrected chi connectivity index (χ0v) is 23.0. The van der Waals surface area contributed by atoms with E-state index in [0.717, 1.165) is 22.0 Å². The highest BCUT2D eigenvalue weighted by atomic mass is 16.3. The molecule has 3 aromatic rings. The smallest absolute Gasteiger partial charge is 0.246 e. The lowest BCUT2D eigenvalue weighted by Gasteiger charge is -2.37. The summed E-state index contributed by atoms with van der Waals surface area (Å²) in [7, 11) is 4.90. The van der Waals surface area contributed by atoms with Gasteiger partial charge in [-0.25, -0.2) is 0 Å². The third kappa shape index (κ3) is 6.16. The zero-order valence-electron chi connectivity index (χ0n) is 23.0. The largest absolute Gasteiger partial charge is 0.508 e. The van der Waals surface area contributed by atoms with Crippen LogP contribution in [0.1, 0.15) is 30.5 Å². The Morgan fingerprint density at radius 3 is 2.32 bits per heavy atom. The first-order valence-electron chi connectivity index (χ1n) is 12.8. The predicted molar refractivity (Wildman–Crippen MR) is 149 cm³/mol. The van der Waals surface area contributed by atoms with Gasteiger partial charge in [0.25, 0.3) is 0 Å². The molecule has 0 radical (unpaired) electrons. The number of nitrogens with one attached hydrogen (secondary N) is 2. The van der Waals surface area contributed by atoms with Gasteiger partial charge in [-0.05, 0) is 55.1 Å². The van der Waals surface area contributed by atoms with Gasteiger partial charge in [-0.1, -0.05) is 44.2 Å². The topological polar surface area (TPSA) is 132 Å². The number of aryl methyl sites for hydroxylation is 1. The van der Waals surface area contributed by atoms with Crippen molar-refractivity contribution in [3.63, 3.8) is 0 Å². The number of aromatic nitrogens is 1. The van der Waals surface area contributed by atoms with Crippen molar-refractivity contribution < 1.29 is 19.5 Å². The number of phenolic OH excluding ortho intramolecular Hbond substituents is 1. The lowest BCUT2D eigenvalue weighted by molar-refractivity contribution is -0.149. The molecule has 0 saturated heterocycles. The monoisotopic (exact) mass is 521 g/mol. The maximum Gasteiger partial charge on any atom is 0.246 e. The molecule has 0 aliphatic heterocycles. The molecule has 1 aromatic heterocycles. The van der Waals surface area contributed by atoms with Gasteiger partial charge in [0.2, 0.25) is 17.7 Å². The third-order valence-electron chi connectivity index (χ3n) is 7.23. The van der Waals surface area contributed by atoms with Gasteiger partial charge in [0.15, 0.2) is 0 Å². The van der Waals surface area contributed by atoms with E-state index in [0.29, 0.717) is 12.0 Å². The SMILES string of the molecule is CNC(Cc1c[nH]c2ccccc12)C(=O)N(C)[C@H](C(=O)N(C)C(Cc1ccc(O)c(C)c1)C(N)=O)C(C)C. The van der Waals surface area contributed by atoms with Crippen LogP contribution in [0.5, 0.6) is 5.75 Å². The molecule has 38 heavy (non-hydrogen) atoms. The van der Waals surface area contributed by atoms with Crippen molar-refractivity contribution in [1.82, 2.24) is 20.1 Å². The third-order valence-corrected chi connectivity index (χ3v) is 7.23. The number of hydrogen-bond acceptors (Lipinski definition) is 5. The van der Waals surface area contributed by atoms with Crippen molar-refractivity contribution in [2.45, 2.75) is 51.7 Å². The first-order chi connectivity index (χ1) is 18.0. The van der Waals surface area contributed by atoms with Crippen LogP contribution < -0.4 is 11.1 Å². The standard InChI is InChI=1S/C29H39N5O4/c1-17(2)26(29(38)33(5)24(27(30)36)14-19-11-12-25(35)18(3)13-19)34(6)28(37)23(31-4)15-20-16-32-22-10-8-7-9-21(20)22/h7-13,16-17,23-24,26,31-32,35H,14-15H2,1-6H3,(H2,30,36)/t23?,24?,26-/m0/s1. The second kappa shape index (κ2) is 12.1. The summed E-state index contributed by atoms with van der Waals surface area (Å²) in [5.74, 6) is -1.29. The Hall–Kier alpha value is -3.85. The normalized spacial score (nSPS) is 13.8. The number of carbonyl (C=O) groups excluding carboxylic acids is 3. The summed E-state index contributed by atoms with van der Waals surface area (Å²) in [6, 6.07) is 10.7. The summed E-state index contributed by atoms with van der Waals surface area (Å²) in [6.07, 6.45) is 2.55. The van der Waals surface area contributed by atoms with Crippen LogP contribution in [-0.2, 0) is 27.2 Å². The summed E-state index contributed by atoms with van der Waals surface area (Å²) in [6.45, 7) is 5.50. The van der Waals surface area contributed by atoms with E-state index >= 15 is 0 Å². The van der Waals surface area contributed by atoms with Crippen LogP contribution in [0.15, 0.2) is 48.7 Å². The predicted octanol–water partition coefficient (Wildman–Crippen LogP) is 2.35. The van der Waals surface area contributed by atoms with Gasteiger partial charge in [-0.3, -0.25) is 14.4 Å². The fourth-order valence-corrected chi connectivity index (χ4v) is 4.97. The molecule has 1 heterocycles. The van der Waals surface area contributed by atoms with Crippen molar-refractivity contribution in [2.24, 2.45) is 11.7 Å². The molecule has 0 spiro atoms. The molecule has 0 aliphatic carbocycles. The Morgan fingerprint density at radius 2 is 1.71 bits per heavy atom. The van der Waals surface area contributed by atoms with E-state index < -0.39 is 24.0 Å². The van der Waals surface area contributed by atoms with Crippen molar-refractivity contribution in [3.8, 4) is 5.75 Å². The van der Waals surface area contributed by atoms with E-state index in [-0.39, 0.29) is 29.9 Å². The number of para-hydroxylation sites is 1. The average Bonchev–Trinajstić information content (AvgIpc) is 3.29. The Bertz CT molecular complexity index is 1300. The van der Waals surface area contributed by atoms with Crippen molar-refractivity contribution in [3.05, 3.63) is 65.4 Å². The van der Waals surface area contributed by atoms with Crippen LogP contribution in [0.4, 0.5) is 0 Å². The molecular formula is C29H39N5O4. The number of primary amides is 1. The van der Waals surface area contributed by atoms with Gasteiger partial charge in [0.05, 0.1) is 6.04 Å². The second-order valence-corrected chi connectivity index (χ2v) is 10.2. The maximum absolute atomic E-state index is 13.7. The van der Waals surface area contributed by atoms with E-state index in [9.17, 15) is 19.5 Å². The fourth-order valence-electron chi connectivity index (χ4n) is 4.97. The highest BCUT2D eigenvalue weighted by molar-refractivity contribution is 5.93. The lowest BCUT2D eigenvalue weighted by Crippen LogP contribution is -2.58. The fraction of sp³-hybridized carbons (Fsp3) is 0.414. The highest BCUT2D eigenvalue weighted by Gasteiger charge is 2.37. The molecular weight excluding hydrogens is 482 g/mol. The number of aromatic amines is 1. The molecule has 0 saturated carbocycles. The maximum atomic E-state index is 13.7. The van der Waals surface area contributed by atoms with Gasteiger partial charge < -0.3 is 30.9 Å². The zero-order chi connectivity index (χ0) is 28.1. The second-order valence-electron chi connectivity index (χ2n) is 10.2. The minimum atomic E-state index is -0.914. The van der Waals surface area contributed by atoms with Crippen LogP contribution in [0.2, 0.25) is 0 Å². The highest BCUT2D eigenvalue weighted by Crippen LogP contribution is 2.22. The number of benzene rings is 2. The Kier molecular flexibility index (Phi) is 9.17. The van der Waals surface area contributed by atoms with E-state index in [4.69, 9.17) is 5.73 Å².